The van der Waals surface area contributed by atoms with Crippen LogP contribution in [0, 0.1) is 0 Å². The fourth-order valence-electron chi connectivity index (χ4n) is 4.47. The first-order valence-electron chi connectivity index (χ1n) is 12.6. The van der Waals surface area contributed by atoms with Crippen LogP contribution in [0.15, 0.2) is 0 Å². The Morgan fingerprint density at radius 1 is 0.724 bits per heavy atom. The lowest BCUT2D eigenvalue weighted by Gasteiger charge is -2.33. The Kier molecular flexibility index (Phi) is 18.3. The number of hydrogen-bond donors (Lipinski definition) is 0. The highest BCUT2D eigenvalue weighted by Crippen LogP contribution is 2.16. The topological polar surface area (TPSA) is 20.3 Å². The first-order chi connectivity index (χ1) is 13.5. The molecule has 1 saturated heterocycles. The summed E-state index contributed by atoms with van der Waals surface area (Å²) < 4.78 is 0.963. The molecule has 0 aromatic heterocycles. The first-order valence-corrected chi connectivity index (χ1v) is 12.6. The fraction of sp³-hybridized carbons (Fsp3) is 0.960. The van der Waals surface area contributed by atoms with Crippen LogP contribution in [-0.2, 0) is 4.79 Å². The summed E-state index contributed by atoms with van der Waals surface area (Å²) in [5, 5.41) is 0. The molecule has 0 aliphatic carbocycles. The summed E-state index contributed by atoms with van der Waals surface area (Å²) in [5.74, 6) is 0.359. The third kappa shape index (κ3) is 16.1. The number of unbranched alkanes of at least 4 members (excludes halogenated alkanes) is 15. The van der Waals surface area contributed by atoms with E-state index in [9.17, 15) is 4.79 Å². The zero-order valence-corrected chi connectivity index (χ0v) is 20.8. The van der Waals surface area contributed by atoms with Crippen molar-refractivity contribution in [1.29, 1.82) is 0 Å². The van der Waals surface area contributed by atoms with Crippen LogP contribution in [0.25, 0.3) is 0 Å². The number of likely N-dealkylation sites (tertiary alicyclic amines) is 1. The van der Waals surface area contributed by atoms with E-state index in [2.05, 4.69) is 25.9 Å². The molecule has 0 unspecified atom stereocenters. The third-order valence-electron chi connectivity index (χ3n) is 6.34. The van der Waals surface area contributed by atoms with Crippen molar-refractivity contribution >= 4 is 5.91 Å². The molecule has 4 heteroatoms. The Bertz CT molecular complexity index is 387. The maximum Gasteiger partial charge on any atom is 0.226 e. The molecule has 1 amide bonds. The average molecular weight is 431 g/mol. The maximum atomic E-state index is 11.8. The molecule has 1 heterocycles. The number of carbonyl (C=O) groups is 1. The van der Waals surface area contributed by atoms with Crippen LogP contribution in [0.5, 0.6) is 0 Å². The Balaban J connectivity index is 0.00000784. The van der Waals surface area contributed by atoms with E-state index in [1.54, 1.807) is 0 Å². The summed E-state index contributed by atoms with van der Waals surface area (Å²) in [4.78, 5) is 13.9. The summed E-state index contributed by atoms with van der Waals surface area (Å²) in [6.45, 7) is 5.36. The quantitative estimate of drug-likeness (QED) is 0.225. The summed E-state index contributed by atoms with van der Waals surface area (Å²) in [6, 6.07) is 0. The van der Waals surface area contributed by atoms with E-state index in [-0.39, 0.29) is 12.4 Å². The lowest BCUT2D eigenvalue weighted by Crippen LogP contribution is -3.00. The number of rotatable bonds is 19. The molecule has 0 aromatic rings. The van der Waals surface area contributed by atoms with Crippen LogP contribution < -0.4 is 12.4 Å². The molecule has 1 fully saturated rings. The Labute approximate surface area is 189 Å². The predicted octanol–water partition coefficient (Wildman–Crippen LogP) is 3.91. The van der Waals surface area contributed by atoms with E-state index in [0.717, 1.165) is 30.5 Å². The molecule has 29 heavy (non-hydrogen) atoms. The molecule has 0 aromatic carbocycles. The summed E-state index contributed by atoms with van der Waals surface area (Å²) in [6.07, 6.45) is 24.6. The van der Waals surface area contributed by atoms with Gasteiger partial charge in [0.05, 0.1) is 20.6 Å². The van der Waals surface area contributed by atoms with Crippen LogP contribution in [0.3, 0.4) is 0 Å². The minimum absolute atomic E-state index is 0. The number of carbonyl (C=O) groups excluding carboxylic acids is 1. The monoisotopic (exact) mass is 430 g/mol. The van der Waals surface area contributed by atoms with Crippen LogP contribution >= 0.6 is 0 Å². The molecule has 0 atom stereocenters. The largest absolute Gasteiger partial charge is 1.00 e. The second kappa shape index (κ2) is 18.5. The molecule has 0 bridgehead atoms. The van der Waals surface area contributed by atoms with Crippen LogP contribution in [0.2, 0.25) is 0 Å². The van der Waals surface area contributed by atoms with Gasteiger partial charge in [0.25, 0.3) is 0 Å². The minimum Gasteiger partial charge on any atom is -1.00 e. The van der Waals surface area contributed by atoms with Crippen molar-refractivity contribution in [2.24, 2.45) is 0 Å². The molecule has 0 radical (unpaired) electrons. The number of amides is 1. The first kappa shape index (κ1) is 28.7. The van der Waals surface area contributed by atoms with Crippen molar-refractivity contribution in [3.05, 3.63) is 0 Å². The van der Waals surface area contributed by atoms with Gasteiger partial charge in [0.15, 0.2) is 6.67 Å². The van der Waals surface area contributed by atoms with Gasteiger partial charge in [-0.25, -0.2) is 0 Å². The highest BCUT2D eigenvalue weighted by Gasteiger charge is 2.26. The number of quaternary nitrogens is 1. The second-order valence-electron chi connectivity index (χ2n) is 9.86. The van der Waals surface area contributed by atoms with Crippen molar-refractivity contribution in [1.82, 2.24) is 4.90 Å². The molecule has 174 valence electrons. The van der Waals surface area contributed by atoms with E-state index in [4.69, 9.17) is 0 Å². The van der Waals surface area contributed by atoms with Gasteiger partial charge in [-0.3, -0.25) is 9.69 Å². The predicted molar refractivity (Wildman–Crippen MR) is 122 cm³/mol. The van der Waals surface area contributed by atoms with Gasteiger partial charge in [-0.05, 0) is 19.3 Å². The third-order valence-corrected chi connectivity index (χ3v) is 6.34. The van der Waals surface area contributed by atoms with Crippen molar-refractivity contribution in [3.8, 4) is 0 Å². The molecule has 1 rings (SSSR count). The minimum atomic E-state index is 0. The van der Waals surface area contributed by atoms with Gasteiger partial charge in [0.1, 0.15) is 0 Å². The van der Waals surface area contributed by atoms with Gasteiger partial charge >= 0.3 is 0 Å². The molecular formula is C25H51ClN2O. The molecule has 0 spiro atoms. The van der Waals surface area contributed by atoms with Crippen molar-refractivity contribution < 1.29 is 21.7 Å². The molecule has 0 saturated carbocycles. The van der Waals surface area contributed by atoms with Crippen molar-refractivity contribution in [2.75, 3.05) is 33.9 Å². The second-order valence-corrected chi connectivity index (χ2v) is 9.86. The van der Waals surface area contributed by atoms with Crippen molar-refractivity contribution in [2.45, 2.75) is 122 Å². The van der Waals surface area contributed by atoms with Gasteiger partial charge in [0.2, 0.25) is 5.91 Å². The highest BCUT2D eigenvalue weighted by atomic mass is 35.5. The van der Waals surface area contributed by atoms with Crippen LogP contribution in [0.4, 0.5) is 0 Å². The Morgan fingerprint density at radius 3 is 1.52 bits per heavy atom. The number of hydrogen-bond acceptors (Lipinski definition) is 1. The van der Waals surface area contributed by atoms with E-state index in [1.165, 1.54) is 109 Å². The Morgan fingerprint density at radius 2 is 1.14 bits per heavy atom. The molecule has 3 nitrogen and oxygen atoms in total. The van der Waals surface area contributed by atoms with Gasteiger partial charge in [-0.1, -0.05) is 96.8 Å². The van der Waals surface area contributed by atoms with E-state index in [0.29, 0.717) is 5.91 Å². The zero-order valence-electron chi connectivity index (χ0n) is 20.0. The smallest absolute Gasteiger partial charge is 0.226 e. The summed E-state index contributed by atoms with van der Waals surface area (Å²) in [5.41, 5.74) is 0. The van der Waals surface area contributed by atoms with E-state index in [1.807, 2.05) is 0 Å². The summed E-state index contributed by atoms with van der Waals surface area (Å²) >= 11 is 0. The molecule has 1 aliphatic rings. The zero-order chi connectivity index (χ0) is 20.5. The van der Waals surface area contributed by atoms with Crippen LogP contribution in [-0.4, -0.2) is 49.1 Å². The number of nitrogens with zero attached hydrogens (tertiary/aromatic N) is 2. The van der Waals surface area contributed by atoms with Gasteiger partial charge in [-0.15, -0.1) is 0 Å². The molecular weight excluding hydrogens is 380 g/mol. The highest BCUT2D eigenvalue weighted by molar-refractivity contribution is 5.77. The lowest BCUT2D eigenvalue weighted by atomic mass is 10.0. The van der Waals surface area contributed by atoms with Crippen LogP contribution in [0.1, 0.15) is 122 Å². The van der Waals surface area contributed by atoms with Gasteiger partial charge in [0, 0.05) is 13.0 Å². The number of halogens is 1. The maximum absolute atomic E-state index is 11.8. The molecule has 0 N–H and O–H groups in total. The van der Waals surface area contributed by atoms with E-state index < -0.39 is 0 Å². The molecule has 1 aliphatic heterocycles. The standard InChI is InChI=1S/C25H51N2O.ClH/c1-4-5-6-7-8-9-10-11-12-13-14-15-16-17-18-19-23-27(2,3)24-26-22-20-21-25(26)28;/h4-24H2,1-3H3;1H/q+1;/p-1. The average Bonchev–Trinajstić information content (AvgIpc) is 3.05. The van der Waals surface area contributed by atoms with Gasteiger partial charge < -0.3 is 16.9 Å². The van der Waals surface area contributed by atoms with Crippen molar-refractivity contribution in [3.63, 3.8) is 0 Å². The van der Waals surface area contributed by atoms with Gasteiger partial charge in [-0.2, -0.15) is 0 Å². The van der Waals surface area contributed by atoms with E-state index >= 15 is 0 Å². The SMILES string of the molecule is CCCCCCCCCCCCCCCCCC[N+](C)(C)CN1CCCC1=O.[Cl-]. The summed E-state index contributed by atoms with van der Waals surface area (Å²) in [7, 11) is 4.55. The lowest BCUT2D eigenvalue weighted by molar-refractivity contribution is -0.899. The fourth-order valence-corrected chi connectivity index (χ4v) is 4.47. The normalized spacial score (nSPS) is 14.4. The Hall–Kier alpha value is -0.280.